The van der Waals surface area contributed by atoms with Crippen LogP contribution < -0.4 is 10.1 Å². The fourth-order valence-electron chi connectivity index (χ4n) is 6.73. The van der Waals surface area contributed by atoms with Crippen LogP contribution in [0.25, 0.3) is 10.9 Å². The van der Waals surface area contributed by atoms with Crippen LogP contribution in [0.2, 0.25) is 0 Å². The summed E-state index contributed by atoms with van der Waals surface area (Å²) < 4.78 is 34.1. The number of aromatic amines is 1. The zero-order valence-electron chi connectivity index (χ0n) is 21.9. The standard InChI is InChI=1S/C30H35F2N3O3/c1-18-11-26(38-2)23(21-7-9-33-27(18)21)15-35-10-8-29(16-30(31,32)17-29)13-25(35)22-6-5-20(28(36)37)12-24(22)34-14-19-3-4-19/h5-7,9,11-12,19,25,33-34H,3-4,8,10,13-17H2,1-2H3,(H,36,37). The molecule has 2 saturated carbocycles. The van der Waals surface area contributed by atoms with Crippen LogP contribution in [-0.4, -0.2) is 47.1 Å². The molecule has 6 nitrogen and oxygen atoms in total. The Labute approximate surface area is 221 Å². The van der Waals surface area contributed by atoms with Gasteiger partial charge in [-0.1, -0.05) is 6.07 Å². The molecule has 202 valence electrons. The van der Waals surface area contributed by atoms with E-state index in [2.05, 4.69) is 28.2 Å². The topological polar surface area (TPSA) is 77.6 Å². The van der Waals surface area contributed by atoms with Crippen molar-refractivity contribution in [2.24, 2.45) is 11.3 Å². The summed E-state index contributed by atoms with van der Waals surface area (Å²) in [6.07, 6.45) is 5.49. The van der Waals surface area contributed by atoms with E-state index in [1.165, 1.54) is 12.8 Å². The van der Waals surface area contributed by atoms with Gasteiger partial charge in [-0.25, -0.2) is 13.6 Å². The number of halogens is 2. The first-order valence-corrected chi connectivity index (χ1v) is 13.5. The van der Waals surface area contributed by atoms with E-state index in [1.807, 2.05) is 18.3 Å². The molecule has 3 aromatic rings. The molecule has 38 heavy (non-hydrogen) atoms. The number of nitrogens with zero attached hydrogens (tertiary/aromatic N) is 1. The van der Waals surface area contributed by atoms with Gasteiger partial charge in [0.25, 0.3) is 0 Å². The van der Waals surface area contributed by atoms with E-state index >= 15 is 0 Å². The Kier molecular flexibility index (Phi) is 6.13. The molecule has 2 aromatic carbocycles. The largest absolute Gasteiger partial charge is 0.496 e. The van der Waals surface area contributed by atoms with Gasteiger partial charge in [-0.3, -0.25) is 4.90 Å². The molecular formula is C30H35F2N3O3. The third kappa shape index (κ3) is 4.64. The average molecular weight is 524 g/mol. The highest BCUT2D eigenvalue weighted by atomic mass is 19.3. The molecule has 6 rings (SSSR count). The molecule has 1 unspecified atom stereocenters. The summed E-state index contributed by atoms with van der Waals surface area (Å²) in [6, 6.07) is 9.24. The number of likely N-dealkylation sites (tertiary alicyclic amines) is 1. The lowest BCUT2D eigenvalue weighted by Gasteiger charge is -2.55. The first kappa shape index (κ1) is 25.2. The number of fused-ring (bicyclic) bond motifs is 1. The molecule has 2 aliphatic carbocycles. The Morgan fingerprint density at radius 1 is 1.24 bits per heavy atom. The first-order valence-electron chi connectivity index (χ1n) is 13.5. The van der Waals surface area contributed by atoms with E-state index in [4.69, 9.17) is 4.74 Å². The maximum absolute atomic E-state index is 14.1. The number of H-pyrrole nitrogens is 1. The number of aromatic carboxylic acids is 1. The molecule has 8 heteroatoms. The van der Waals surface area contributed by atoms with Crippen molar-refractivity contribution in [3.05, 3.63) is 58.8 Å². The van der Waals surface area contributed by atoms with Crippen molar-refractivity contribution in [2.75, 3.05) is 25.5 Å². The quantitative estimate of drug-likeness (QED) is 0.304. The summed E-state index contributed by atoms with van der Waals surface area (Å²) in [5, 5.41) is 14.3. The molecule has 2 heterocycles. The number of carbonyl (C=O) groups is 1. The van der Waals surface area contributed by atoms with Crippen LogP contribution in [-0.2, 0) is 6.54 Å². The normalized spacial score (nSPS) is 22.4. The van der Waals surface area contributed by atoms with E-state index in [0.29, 0.717) is 25.4 Å². The summed E-state index contributed by atoms with van der Waals surface area (Å²) in [5.74, 6) is -2.14. The van der Waals surface area contributed by atoms with Gasteiger partial charge in [0.1, 0.15) is 5.75 Å². The van der Waals surface area contributed by atoms with E-state index in [9.17, 15) is 18.7 Å². The number of hydrogen-bond acceptors (Lipinski definition) is 4. The van der Waals surface area contributed by atoms with Gasteiger partial charge in [0, 0.05) is 60.3 Å². The monoisotopic (exact) mass is 523 g/mol. The van der Waals surface area contributed by atoms with Crippen LogP contribution in [0.4, 0.5) is 14.5 Å². The third-order valence-corrected chi connectivity index (χ3v) is 8.89. The van der Waals surface area contributed by atoms with E-state index < -0.39 is 11.9 Å². The van der Waals surface area contributed by atoms with Crippen LogP contribution >= 0.6 is 0 Å². The van der Waals surface area contributed by atoms with Crippen molar-refractivity contribution < 1.29 is 23.4 Å². The minimum absolute atomic E-state index is 0.0711. The SMILES string of the molecule is COc1cc(C)c2[nH]ccc2c1CN1CCC2(CC1c1ccc(C(=O)O)cc1NCC1CC1)CC(F)(F)C2. The molecule has 3 N–H and O–H groups in total. The molecule has 1 aliphatic heterocycles. The predicted octanol–water partition coefficient (Wildman–Crippen LogP) is 6.76. The van der Waals surface area contributed by atoms with Gasteiger partial charge < -0.3 is 20.1 Å². The number of hydrogen-bond donors (Lipinski definition) is 3. The van der Waals surface area contributed by atoms with E-state index in [0.717, 1.165) is 52.0 Å². The van der Waals surface area contributed by atoms with Crippen LogP contribution in [0.15, 0.2) is 36.5 Å². The van der Waals surface area contributed by atoms with Crippen molar-refractivity contribution >= 4 is 22.6 Å². The van der Waals surface area contributed by atoms with Gasteiger partial charge in [-0.15, -0.1) is 0 Å². The van der Waals surface area contributed by atoms with Crippen molar-refractivity contribution in [1.82, 2.24) is 9.88 Å². The number of carboxylic acid groups (broad SMARTS) is 1. The second-order valence-corrected chi connectivity index (χ2v) is 11.7. The first-order chi connectivity index (χ1) is 18.2. The van der Waals surface area contributed by atoms with Crippen LogP contribution in [0.3, 0.4) is 0 Å². The van der Waals surface area contributed by atoms with Gasteiger partial charge in [-0.2, -0.15) is 0 Å². The van der Waals surface area contributed by atoms with Crippen molar-refractivity contribution in [3.8, 4) is 5.75 Å². The molecule has 3 aliphatic rings. The van der Waals surface area contributed by atoms with Gasteiger partial charge in [0.15, 0.2) is 0 Å². The summed E-state index contributed by atoms with van der Waals surface area (Å²) >= 11 is 0. The number of methoxy groups -OCH3 is 1. The molecule has 1 spiro atoms. The molecule has 1 aromatic heterocycles. The smallest absolute Gasteiger partial charge is 0.335 e. The number of rotatable bonds is 8. The lowest BCUT2D eigenvalue weighted by atomic mass is 9.58. The highest BCUT2D eigenvalue weighted by Gasteiger charge is 2.58. The molecule has 3 fully saturated rings. The van der Waals surface area contributed by atoms with Crippen LogP contribution in [0.5, 0.6) is 5.75 Å². The molecule has 1 saturated heterocycles. The summed E-state index contributed by atoms with van der Waals surface area (Å²) in [4.78, 5) is 17.5. The highest BCUT2D eigenvalue weighted by Crippen LogP contribution is 2.61. The van der Waals surface area contributed by atoms with Gasteiger partial charge >= 0.3 is 5.97 Å². The Morgan fingerprint density at radius 2 is 2.03 bits per heavy atom. The molecule has 0 radical (unpaired) electrons. The number of anilines is 1. The summed E-state index contributed by atoms with van der Waals surface area (Å²) in [6.45, 7) is 4.14. The van der Waals surface area contributed by atoms with Gasteiger partial charge in [-0.05, 0) is 85.9 Å². The lowest BCUT2D eigenvalue weighted by Crippen LogP contribution is -2.53. The molecule has 0 bridgehead atoms. The number of carboxylic acids is 1. The Balaban J connectivity index is 1.39. The second-order valence-electron chi connectivity index (χ2n) is 11.7. The number of piperidine rings is 1. The Morgan fingerprint density at radius 3 is 2.71 bits per heavy atom. The number of ether oxygens (including phenoxy) is 1. The van der Waals surface area contributed by atoms with Crippen molar-refractivity contribution in [1.29, 1.82) is 0 Å². The Hall–Kier alpha value is -3.13. The van der Waals surface area contributed by atoms with Crippen molar-refractivity contribution in [3.63, 3.8) is 0 Å². The molecular weight excluding hydrogens is 488 g/mol. The number of aryl methyl sites for hydroxylation is 1. The summed E-state index contributed by atoms with van der Waals surface area (Å²) in [5.41, 5.74) is 4.88. The van der Waals surface area contributed by atoms with Crippen LogP contribution in [0, 0.1) is 18.3 Å². The highest BCUT2D eigenvalue weighted by molar-refractivity contribution is 5.89. The number of nitrogens with one attached hydrogen (secondary N) is 2. The van der Waals surface area contributed by atoms with Crippen LogP contribution in [0.1, 0.15) is 71.6 Å². The average Bonchev–Trinajstić information content (AvgIpc) is 3.56. The van der Waals surface area contributed by atoms with Gasteiger partial charge in [0.2, 0.25) is 5.92 Å². The minimum Gasteiger partial charge on any atom is -0.496 e. The van der Waals surface area contributed by atoms with E-state index in [1.54, 1.807) is 19.2 Å². The molecule has 1 atom stereocenters. The zero-order valence-corrected chi connectivity index (χ0v) is 21.9. The zero-order chi connectivity index (χ0) is 26.7. The van der Waals surface area contributed by atoms with E-state index in [-0.39, 0.29) is 29.9 Å². The Bertz CT molecular complexity index is 1370. The van der Waals surface area contributed by atoms with Gasteiger partial charge in [0.05, 0.1) is 12.7 Å². The lowest BCUT2D eigenvalue weighted by molar-refractivity contribution is -0.186. The number of benzene rings is 2. The third-order valence-electron chi connectivity index (χ3n) is 8.89. The fraction of sp³-hybridized carbons (Fsp3) is 0.500. The number of aromatic nitrogens is 1. The van der Waals surface area contributed by atoms with Crippen molar-refractivity contribution in [2.45, 2.75) is 64.0 Å². The molecule has 0 amide bonds. The minimum atomic E-state index is -2.59. The fourth-order valence-corrected chi connectivity index (χ4v) is 6.73. The maximum atomic E-state index is 14.1. The predicted molar refractivity (Wildman–Crippen MR) is 143 cm³/mol. The second kappa shape index (κ2) is 9.26. The number of alkyl halides is 2. The summed E-state index contributed by atoms with van der Waals surface area (Å²) in [7, 11) is 1.68. The maximum Gasteiger partial charge on any atom is 0.335 e.